The van der Waals surface area contributed by atoms with E-state index in [9.17, 15) is 4.79 Å². The predicted molar refractivity (Wildman–Crippen MR) is 72.5 cm³/mol. The van der Waals surface area contributed by atoms with Gasteiger partial charge < -0.3 is 4.74 Å². The zero-order chi connectivity index (χ0) is 13.1. The van der Waals surface area contributed by atoms with Crippen molar-refractivity contribution in [3.63, 3.8) is 0 Å². The fraction of sp³-hybridized carbons (Fsp3) is 0.188. The summed E-state index contributed by atoms with van der Waals surface area (Å²) in [6, 6.07) is 20.0. The van der Waals surface area contributed by atoms with Crippen LogP contribution in [0, 0.1) is 0 Å². The van der Waals surface area contributed by atoms with Crippen molar-refractivity contribution in [2.24, 2.45) is 0 Å². The number of cyclic esters (lactones) is 1. The molecule has 1 saturated heterocycles. The van der Waals surface area contributed by atoms with Crippen LogP contribution in [0.2, 0.25) is 0 Å². The number of carbonyl (C=O) groups excluding carboxylic acids is 1. The number of carbonyl (C=O) groups is 1. The van der Waals surface area contributed by atoms with Crippen LogP contribution in [-0.4, -0.2) is 17.6 Å². The Bertz CT molecular complexity index is 553. The second kappa shape index (κ2) is 5.14. The highest BCUT2D eigenvalue weighted by Gasteiger charge is 2.33. The number of hydrogen-bond acceptors (Lipinski definition) is 2. The van der Waals surface area contributed by atoms with Gasteiger partial charge in [-0.1, -0.05) is 60.7 Å². The lowest BCUT2D eigenvalue weighted by atomic mass is 10.1. The first kappa shape index (κ1) is 11.8. The number of amides is 1. The fourth-order valence-electron chi connectivity index (χ4n) is 2.36. The molecule has 0 unspecified atom stereocenters. The van der Waals surface area contributed by atoms with Gasteiger partial charge in [0.2, 0.25) is 0 Å². The van der Waals surface area contributed by atoms with Crippen LogP contribution in [0.4, 0.5) is 4.79 Å². The van der Waals surface area contributed by atoms with E-state index in [0.29, 0.717) is 13.2 Å². The second-order valence-electron chi connectivity index (χ2n) is 4.62. The van der Waals surface area contributed by atoms with Crippen molar-refractivity contribution in [1.82, 2.24) is 4.90 Å². The predicted octanol–water partition coefficient (Wildman–Crippen LogP) is 3.38. The Morgan fingerprint density at radius 1 is 1.00 bits per heavy atom. The lowest BCUT2D eigenvalue weighted by molar-refractivity contribution is 0.156. The molecule has 0 saturated carbocycles. The molecule has 3 heteroatoms. The Kier molecular flexibility index (Phi) is 3.19. The fourth-order valence-corrected chi connectivity index (χ4v) is 2.36. The summed E-state index contributed by atoms with van der Waals surface area (Å²) in [6.45, 7) is 1.01. The van der Waals surface area contributed by atoms with Gasteiger partial charge in [-0.15, -0.1) is 0 Å². The summed E-state index contributed by atoms with van der Waals surface area (Å²) in [5, 5.41) is 0. The van der Waals surface area contributed by atoms with Crippen molar-refractivity contribution in [2.75, 3.05) is 6.61 Å². The average Bonchev–Trinajstić information content (AvgIpc) is 2.82. The molecule has 0 N–H and O–H groups in total. The zero-order valence-electron chi connectivity index (χ0n) is 10.5. The van der Waals surface area contributed by atoms with Gasteiger partial charge in [0.1, 0.15) is 6.61 Å². The van der Waals surface area contributed by atoms with Crippen LogP contribution in [0.5, 0.6) is 0 Å². The van der Waals surface area contributed by atoms with E-state index < -0.39 is 0 Å². The van der Waals surface area contributed by atoms with Gasteiger partial charge in [0.15, 0.2) is 0 Å². The largest absolute Gasteiger partial charge is 0.447 e. The third-order valence-corrected chi connectivity index (χ3v) is 3.36. The molecule has 0 aromatic heterocycles. The molecule has 1 atom stereocenters. The normalized spacial score (nSPS) is 18.4. The lowest BCUT2D eigenvalue weighted by Crippen LogP contribution is -2.27. The average molecular weight is 253 g/mol. The van der Waals surface area contributed by atoms with Gasteiger partial charge in [-0.2, -0.15) is 0 Å². The van der Waals surface area contributed by atoms with Gasteiger partial charge in [-0.3, -0.25) is 4.90 Å². The van der Waals surface area contributed by atoms with E-state index in [-0.39, 0.29) is 12.1 Å². The minimum absolute atomic E-state index is 0.00825. The van der Waals surface area contributed by atoms with Crippen molar-refractivity contribution in [3.05, 3.63) is 71.8 Å². The van der Waals surface area contributed by atoms with E-state index in [1.54, 1.807) is 4.90 Å². The number of hydrogen-bond donors (Lipinski definition) is 0. The summed E-state index contributed by atoms with van der Waals surface area (Å²) in [4.78, 5) is 13.6. The minimum atomic E-state index is -0.238. The maximum Gasteiger partial charge on any atom is 0.410 e. The Labute approximate surface area is 112 Å². The van der Waals surface area contributed by atoms with Crippen molar-refractivity contribution < 1.29 is 9.53 Å². The van der Waals surface area contributed by atoms with E-state index >= 15 is 0 Å². The van der Waals surface area contributed by atoms with Gasteiger partial charge in [0, 0.05) is 6.54 Å². The third kappa shape index (κ3) is 2.45. The van der Waals surface area contributed by atoms with E-state index in [1.165, 1.54) is 0 Å². The highest BCUT2D eigenvalue weighted by molar-refractivity contribution is 5.70. The summed E-state index contributed by atoms with van der Waals surface area (Å²) in [7, 11) is 0. The Morgan fingerprint density at radius 2 is 1.63 bits per heavy atom. The standard InChI is InChI=1S/C16H15NO2/c18-16-17(11-13-7-3-1-4-8-13)15(12-19-16)14-9-5-2-6-10-14/h1-10,15H,11-12H2/t15-/m0/s1. The molecule has 0 aliphatic carbocycles. The highest BCUT2D eigenvalue weighted by Crippen LogP contribution is 2.28. The first-order valence-electron chi connectivity index (χ1n) is 6.37. The van der Waals surface area contributed by atoms with Crippen LogP contribution < -0.4 is 0 Å². The highest BCUT2D eigenvalue weighted by atomic mass is 16.6. The molecule has 1 fully saturated rings. The molecule has 1 heterocycles. The number of benzene rings is 2. The number of nitrogens with zero attached hydrogens (tertiary/aromatic N) is 1. The Balaban J connectivity index is 1.83. The van der Waals surface area contributed by atoms with Crippen molar-refractivity contribution in [1.29, 1.82) is 0 Å². The van der Waals surface area contributed by atoms with Gasteiger partial charge in [0.05, 0.1) is 6.04 Å². The monoisotopic (exact) mass is 253 g/mol. The second-order valence-corrected chi connectivity index (χ2v) is 4.62. The first-order valence-corrected chi connectivity index (χ1v) is 6.37. The molecule has 3 nitrogen and oxygen atoms in total. The number of ether oxygens (including phenoxy) is 1. The molecule has 0 radical (unpaired) electrons. The summed E-state index contributed by atoms with van der Waals surface area (Å²) in [5.41, 5.74) is 2.23. The minimum Gasteiger partial charge on any atom is -0.447 e. The molecule has 2 aromatic carbocycles. The molecule has 1 amide bonds. The van der Waals surface area contributed by atoms with Crippen LogP contribution in [0.1, 0.15) is 17.2 Å². The Hall–Kier alpha value is -2.29. The number of rotatable bonds is 3. The van der Waals surface area contributed by atoms with Crippen LogP contribution in [0.25, 0.3) is 0 Å². The van der Waals surface area contributed by atoms with E-state index in [2.05, 4.69) is 0 Å². The smallest absolute Gasteiger partial charge is 0.410 e. The van der Waals surface area contributed by atoms with Gasteiger partial charge in [-0.25, -0.2) is 4.79 Å². The topological polar surface area (TPSA) is 29.5 Å². The summed E-state index contributed by atoms with van der Waals surface area (Å²) in [5.74, 6) is 0. The van der Waals surface area contributed by atoms with Crippen molar-refractivity contribution in [3.8, 4) is 0 Å². The molecule has 1 aliphatic rings. The van der Waals surface area contributed by atoms with E-state index in [0.717, 1.165) is 11.1 Å². The molecule has 0 spiro atoms. The van der Waals surface area contributed by atoms with Gasteiger partial charge in [0.25, 0.3) is 0 Å². The quantitative estimate of drug-likeness (QED) is 0.839. The summed E-state index contributed by atoms with van der Waals surface area (Å²) >= 11 is 0. The lowest BCUT2D eigenvalue weighted by Gasteiger charge is -2.21. The van der Waals surface area contributed by atoms with Crippen LogP contribution >= 0.6 is 0 Å². The maximum absolute atomic E-state index is 11.9. The van der Waals surface area contributed by atoms with Crippen LogP contribution in [0.3, 0.4) is 0 Å². The molecule has 96 valence electrons. The SMILES string of the molecule is O=C1OC[C@@H](c2ccccc2)N1Cc1ccccc1. The maximum atomic E-state index is 11.9. The van der Waals surface area contributed by atoms with Crippen LogP contribution in [0.15, 0.2) is 60.7 Å². The molecule has 19 heavy (non-hydrogen) atoms. The third-order valence-electron chi connectivity index (χ3n) is 3.36. The first-order chi connectivity index (χ1) is 9.34. The Morgan fingerprint density at radius 3 is 2.32 bits per heavy atom. The van der Waals surface area contributed by atoms with Crippen molar-refractivity contribution in [2.45, 2.75) is 12.6 Å². The molecular weight excluding hydrogens is 238 g/mol. The molecule has 1 aliphatic heterocycles. The van der Waals surface area contributed by atoms with E-state index in [4.69, 9.17) is 4.74 Å². The summed E-state index contributed by atoms with van der Waals surface area (Å²) < 4.78 is 5.19. The van der Waals surface area contributed by atoms with Crippen molar-refractivity contribution >= 4 is 6.09 Å². The van der Waals surface area contributed by atoms with Gasteiger partial charge in [-0.05, 0) is 11.1 Å². The molecular formula is C16H15NO2. The molecule has 0 bridgehead atoms. The van der Waals surface area contributed by atoms with E-state index in [1.807, 2.05) is 60.7 Å². The molecule has 3 rings (SSSR count). The summed E-state index contributed by atoms with van der Waals surface area (Å²) in [6.07, 6.45) is -0.238. The zero-order valence-corrected chi connectivity index (χ0v) is 10.5. The van der Waals surface area contributed by atoms with Crippen LogP contribution in [-0.2, 0) is 11.3 Å². The molecule has 2 aromatic rings. The van der Waals surface area contributed by atoms with Gasteiger partial charge >= 0.3 is 6.09 Å².